The first-order valence-corrected chi connectivity index (χ1v) is 11.9. The number of aromatic nitrogens is 1. The molecule has 1 aliphatic heterocycles. The minimum atomic E-state index is 0.260. The van der Waals surface area contributed by atoms with E-state index in [1.54, 1.807) is 0 Å². The van der Waals surface area contributed by atoms with Gasteiger partial charge in [0.2, 0.25) is 0 Å². The van der Waals surface area contributed by atoms with E-state index in [1.165, 1.54) is 21.9 Å². The Bertz CT molecular complexity index is 290. The summed E-state index contributed by atoms with van der Waals surface area (Å²) in [5.74, 6) is 0. The van der Waals surface area contributed by atoms with Gasteiger partial charge in [0.05, 0.1) is 6.10 Å². The van der Waals surface area contributed by atoms with E-state index in [-0.39, 0.29) is 6.10 Å². The number of pyridine rings is 1. The molecule has 2 rings (SSSR count). The van der Waals surface area contributed by atoms with Crippen molar-refractivity contribution in [1.82, 2.24) is 4.98 Å². The van der Waals surface area contributed by atoms with E-state index in [0.717, 1.165) is 25.1 Å². The van der Waals surface area contributed by atoms with Crippen LogP contribution in [0.5, 0.6) is 0 Å². The Morgan fingerprint density at radius 2 is 2.40 bits per heavy atom. The van der Waals surface area contributed by atoms with Gasteiger partial charge in [-0.1, -0.05) is 0 Å². The van der Waals surface area contributed by atoms with Gasteiger partial charge >= 0.3 is 30.0 Å². The van der Waals surface area contributed by atoms with Crippen LogP contribution in [0.3, 0.4) is 0 Å². The summed E-state index contributed by atoms with van der Waals surface area (Å²) in [5.41, 5.74) is 2.31. The Morgan fingerprint density at radius 1 is 1.60 bits per heavy atom. The number of rotatable bonds is 1. The van der Waals surface area contributed by atoms with Crippen LogP contribution in [0.15, 0.2) is 18.3 Å². The van der Waals surface area contributed by atoms with Crippen molar-refractivity contribution in [2.24, 2.45) is 0 Å². The van der Waals surface area contributed by atoms with Crippen LogP contribution < -0.4 is 0 Å². The van der Waals surface area contributed by atoms with Crippen molar-refractivity contribution in [3.8, 4) is 0 Å². The summed E-state index contributed by atoms with van der Waals surface area (Å²) in [7, 11) is 0. The van der Waals surface area contributed by atoms with Gasteiger partial charge < -0.3 is 11.2 Å². The Kier molecular flexibility index (Phi) is 6.62. The molecule has 0 saturated carbocycles. The van der Waals surface area contributed by atoms with E-state index in [2.05, 4.69) is 31.1 Å². The zero-order valence-electron chi connectivity index (χ0n) is 8.95. The van der Waals surface area contributed by atoms with Gasteiger partial charge in [-0.2, -0.15) is 6.42 Å². The van der Waals surface area contributed by atoms with E-state index in [9.17, 15) is 0 Å². The summed E-state index contributed by atoms with van der Waals surface area (Å²) in [5, 5.41) is 0. The molecular weight excluding hydrogens is 307 g/mol. The molecule has 1 aromatic rings. The second-order valence-corrected chi connectivity index (χ2v) is 3.40. The van der Waals surface area contributed by atoms with Crippen molar-refractivity contribution in [1.29, 1.82) is 0 Å². The molecule has 2 nitrogen and oxygen atoms in total. The van der Waals surface area contributed by atoms with Crippen LogP contribution in [-0.2, 0) is 21.1 Å². The number of hydrogen-bond donors (Lipinski definition) is 0. The number of halogens is 1. The van der Waals surface area contributed by atoms with Crippen molar-refractivity contribution in [2.45, 2.75) is 25.9 Å². The van der Waals surface area contributed by atoms with E-state index >= 15 is 0 Å². The average Bonchev–Trinajstić information content (AvgIpc) is 2.33. The van der Waals surface area contributed by atoms with Crippen LogP contribution in [0.4, 0.5) is 0 Å². The van der Waals surface area contributed by atoms with E-state index < -0.39 is 0 Å². The summed E-state index contributed by atoms with van der Waals surface area (Å²) in [6.07, 6.45) is 6.52. The van der Waals surface area contributed by atoms with Crippen LogP contribution in [0, 0.1) is 13.3 Å². The summed E-state index contributed by atoms with van der Waals surface area (Å²) < 4.78 is 5.66. The second-order valence-electron chi connectivity index (χ2n) is 3.40. The van der Waals surface area contributed by atoms with Gasteiger partial charge in [0.15, 0.2) is 0 Å². The zero-order chi connectivity index (χ0) is 11.1. The third-order valence-corrected chi connectivity index (χ3v) is 2.31. The van der Waals surface area contributed by atoms with Crippen LogP contribution in [0.25, 0.3) is 0 Å². The first kappa shape index (κ1) is 13.3. The van der Waals surface area contributed by atoms with Gasteiger partial charge in [-0.25, -0.2) is 0 Å². The van der Waals surface area contributed by atoms with Gasteiger partial charge in [0, 0.05) is 18.5 Å². The summed E-state index contributed by atoms with van der Waals surface area (Å²) in [6, 6.07) is 4.14. The van der Waals surface area contributed by atoms with Gasteiger partial charge in [-0.05, 0) is 24.6 Å². The first-order chi connectivity index (χ1) is 7.36. The fourth-order valence-corrected chi connectivity index (χ4v) is 1.63. The quantitative estimate of drug-likeness (QED) is 0.585. The average molecular weight is 322 g/mol. The molecule has 2 heterocycles. The third-order valence-electron chi connectivity index (χ3n) is 2.31. The molecule has 0 amide bonds. The number of aryl methyl sites for hydroxylation is 1. The molecular formula is C11H14BrNOZn. The standard InChI is InChI=1S/C11H14NO.BrH.Zn/c1-9-8-10(5-6-12-9)11-4-2-3-7-13-11;;/h2,5-6,8,11H,3-4,7H2,1H3;1H;/q-1;;+2/p-1/t11-;;/m1../s1. The fraction of sp³-hybridized carbons (Fsp3) is 0.455. The Morgan fingerprint density at radius 3 is 3.00 bits per heavy atom. The molecule has 4 heteroatoms. The monoisotopic (exact) mass is 319 g/mol. The molecule has 1 aliphatic rings. The molecule has 0 aromatic carbocycles. The molecule has 1 atom stereocenters. The topological polar surface area (TPSA) is 22.1 Å². The molecule has 78 valence electrons. The van der Waals surface area contributed by atoms with E-state index in [1.807, 2.05) is 19.2 Å². The molecule has 15 heavy (non-hydrogen) atoms. The van der Waals surface area contributed by atoms with Gasteiger partial charge in [-0.15, -0.1) is 6.42 Å². The Balaban J connectivity index is 0.000000531. The van der Waals surface area contributed by atoms with Crippen molar-refractivity contribution >= 4 is 13.6 Å². The molecule has 1 fully saturated rings. The maximum absolute atomic E-state index is 5.66. The van der Waals surface area contributed by atoms with Crippen LogP contribution >= 0.6 is 13.6 Å². The van der Waals surface area contributed by atoms with Crippen LogP contribution in [0.1, 0.15) is 30.2 Å². The first-order valence-electron chi connectivity index (χ1n) is 4.99. The molecule has 1 saturated heterocycles. The zero-order valence-corrected chi connectivity index (χ0v) is 13.5. The Labute approximate surface area is 108 Å². The molecule has 0 radical (unpaired) electrons. The fourth-order valence-electron chi connectivity index (χ4n) is 1.63. The molecule has 0 aliphatic carbocycles. The molecule has 0 bridgehead atoms. The normalized spacial score (nSPS) is 20.4. The molecule has 1 aromatic heterocycles. The Hall–Kier alpha value is 0.213. The van der Waals surface area contributed by atoms with E-state index in [0.29, 0.717) is 0 Å². The van der Waals surface area contributed by atoms with E-state index in [4.69, 9.17) is 4.74 Å². The van der Waals surface area contributed by atoms with Gasteiger partial charge in [0.1, 0.15) is 0 Å². The predicted octanol–water partition coefficient (Wildman–Crippen LogP) is 3.29. The summed E-state index contributed by atoms with van der Waals surface area (Å²) >= 11 is 4.25. The van der Waals surface area contributed by atoms with Crippen LogP contribution in [-0.4, -0.2) is 11.6 Å². The number of nitrogens with zero attached hydrogens (tertiary/aromatic N) is 1. The van der Waals surface area contributed by atoms with Crippen molar-refractivity contribution < 1.29 is 21.1 Å². The predicted molar refractivity (Wildman–Crippen MR) is 60.1 cm³/mol. The van der Waals surface area contributed by atoms with Crippen molar-refractivity contribution in [3.05, 3.63) is 36.0 Å². The third kappa shape index (κ3) is 4.30. The molecule has 0 spiro atoms. The maximum atomic E-state index is 5.66. The second kappa shape index (κ2) is 7.48. The molecule has 0 unspecified atom stereocenters. The molecule has 0 N–H and O–H groups in total. The van der Waals surface area contributed by atoms with Crippen molar-refractivity contribution in [2.75, 3.05) is 6.61 Å². The van der Waals surface area contributed by atoms with Gasteiger partial charge in [-0.3, -0.25) is 4.98 Å². The number of ether oxygens (including phenoxy) is 1. The minimum absolute atomic E-state index is 0.260. The van der Waals surface area contributed by atoms with Crippen molar-refractivity contribution in [3.63, 3.8) is 0 Å². The number of hydrogen-bond acceptors (Lipinski definition) is 2. The summed E-state index contributed by atoms with van der Waals surface area (Å²) in [6.45, 7) is 2.86. The SMILES string of the molecule is Cc1cc([C@H]2C[CH-]CCO2)ccn1.[Zn+][Br]. The summed E-state index contributed by atoms with van der Waals surface area (Å²) in [4.78, 5) is 4.17. The van der Waals surface area contributed by atoms with Crippen LogP contribution in [0.2, 0.25) is 0 Å². The van der Waals surface area contributed by atoms with Gasteiger partial charge in [0.25, 0.3) is 0 Å².